The van der Waals surface area contributed by atoms with Crippen LogP contribution in [0.5, 0.6) is 5.75 Å². The number of amides is 1. The van der Waals surface area contributed by atoms with Crippen LogP contribution in [0.4, 0.5) is 19.2 Å². The Kier molecular flexibility index (Phi) is 4.34. The highest BCUT2D eigenvalue weighted by atomic mass is 19.4. The fraction of sp³-hybridized carbons (Fsp3) is 0.308. The molecule has 6 nitrogen and oxygen atoms in total. The third kappa shape index (κ3) is 4.21. The van der Waals surface area contributed by atoms with E-state index in [9.17, 15) is 18.0 Å². The molecule has 2 aromatic rings. The monoisotopic (exact) mass is 315 g/mol. The molecule has 1 heterocycles. The molecule has 0 aliphatic heterocycles. The summed E-state index contributed by atoms with van der Waals surface area (Å²) >= 11 is 0. The first kappa shape index (κ1) is 15.8. The number of anilines is 1. The maximum absolute atomic E-state index is 12.0. The van der Waals surface area contributed by atoms with Crippen LogP contribution in [0, 0.1) is 0 Å². The molecule has 22 heavy (non-hydrogen) atoms. The van der Waals surface area contributed by atoms with E-state index in [1.54, 1.807) is 0 Å². The van der Waals surface area contributed by atoms with Gasteiger partial charge in [0.15, 0.2) is 0 Å². The summed E-state index contributed by atoms with van der Waals surface area (Å²) in [4.78, 5) is 11.9. The van der Waals surface area contributed by atoms with Crippen molar-refractivity contribution in [3.8, 4) is 5.75 Å². The van der Waals surface area contributed by atoms with Crippen molar-refractivity contribution in [2.45, 2.75) is 26.1 Å². The maximum Gasteiger partial charge on any atom is 0.573 e. The summed E-state index contributed by atoms with van der Waals surface area (Å²) in [5.41, 5.74) is 0.124. The first-order valence-electron chi connectivity index (χ1n) is 6.25. The highest BCUT2D eigenvalue weighted by Crippen LogP contribution is 2.23. The van der Waals surface area contributed by atoms with Gasteiger partial charge in [0.05, 0.1) is 0 Å². The summed E-state index contributed by atoms with van der Waals surface area (Å²) in [5, 5.41) is 9.75. The van der Waals surface area contributed by atoms with E-state index in [0.717, 1.165) is 12.1 Å². The molecule has 0 saturated carbocycles. The number of aromatic nitrogens is 2. The van der Waals surface area contributed by atoms with Crippen molar-refractivity contribution in [3.63, 3.8) is 0 Å². The molecule has 0 aliphatic rings. The third-order valence-corrected chi connectivity index (χ3v) is 2.51. The van der Waals surface area contributed by atoms with Crippen molar-refractivity contribution in [1.82, 2.24) is 10.2 Å². The fourth-order valence-corrected chi connectivity index (χ4v) is 1.50. The summed E-state index contributed by atoms with van der Waals surface area (Å²) in [6.45, 7) is 3.69. The summed E-state index contributed by atoms with van der Waals surface area (Å²) < 4.78 is 45.0. The minimum atomic E-state index is -4.78. The Morgan fingerprint density at radius 1 is 1.23 bits per heavy atom. The predicted octanol–water partition coefficient (Wildman–Crippen LogP) is 3.34. The van der Waals surface area contributed by atoms with Crippen molar-refractivity contribution in [3.05, 3.63) is 35.7 Å². The number of hydrogen-bond donors (Lipinski definition) is 1. The van der Waals surface area contributed by atoms with Crippen LogP contribution < -0.4 is 10.1 Å². The molecule has 0 fully saturated rings. The van der Waals surface area contributed by atoms with E-state index in [2.05, 4.69) is 20.3 Å². The molecule has 0 radical (unpaired) electrons. The van der Waals surface area contributed by atoms with Gasteiger partial charge in [-0.1, -0.05) is 18.9 Å². The molecule has 9 heteroatoms. The van der Waals surface area contributed by atoms with Gasteiger partial charge in [-0.25, -0.2) is 0 Å². The number of alkyl halides is 3. The Labute approximate surface area is 123 Å². The second kappa shape index (κ2) is 6.04. The Hall–Kier alpha value is -2.58. The topological polar surface area (TPSA) is 77.2 Å². The first-order chi connectivity index (χ1) is 10.2. The number of carbonyl (C=O) groups excluding carboxylic acids is 1. The van der Waals surface area contributed by atoms with Crippen LogP contribution in [0.2, 0.25) is 0 Å². The van der Waals surface area contributed by atoms with E-state index in [-0.39, 0.29) is 17.5 Å². The van der Waals surface area contributed by atoms with Gasteiger partial charge in [0.25, 0.3) is 5.91 Å². The molecular formula is C13H12F3N3O3. The highest BCUT2D eigenvalue weighted by molar-refractivity contribution is 6.03. The van der Waals surface area contributed by atoms with Gasteiger partial charge in [-0.05, 0) is 24.3 Å². The van der Waals surface area contributed by atoms with Gasteiger partial charge in [0, 0.05) is 11.5 Å². The lowest BCUT2D eigenvalue weighted by Crippen LogP contribution is -2.17. The number of ether oxygens (including phenoxy) is 1. The van der Waals surface area contributed by atoms with Crippen molar-refractivity contribution < 1.29 is 27.1 Å². The zero-order valence-corrected chi connectivity index (χ0v) is 11.6. The average molecular weight is 315 g/mol. The summed E-state index contributed by atoms with van der Waals surface area (Å²) in [6.07, 6.45) is -4.78. The van der Waals surface area contributed by atoms with Gasteiger partial charge in [0.1, 0.15) is 5.75 Å². The molecule has 1 amide bonds. The Bertz CT molecular complexity index is 651. The lowest BCUT2D eigenvalue weighted by Gasteiger charge is -2.08. The van der Waals surface area contributed by atoms with Crippen LogP contribution in [0.1, 0.15) is 36.0 Å². The van der Waals surface area contributed by atoms with Crippen LogP contribution in [-0.2, 0) is 0 Å². The van der Waals surface area contributed by atoms with E-state index >= 15 is 0 Å². The van der Waals surface area contributed by atoms with E-state index in [4.69, 9.17) is 4.42 Å². The highest BCUT2D eigenvalue weighted by Gasteiger charge is 2.31. The first-order valence-corrected chi connectivity index (χ1v) is 6.25. The minimum Gasteiger partial charge on any atom is -0.408 e. The van der Waals surface area contributed by atoms with E-state index in [1.807, 2.05) is 13.8 Å². The fourth-order valence-electron chi connectivity index (χ4n) is 1.50. The van der Waals surface area contributed by atoms with E-state index < -0.39 is 18.0 Å². The van der Waals surface area contributed by atoms with Gasteiger partial charge < -0.3 is 9.15 Å². The molecular weight excluding hydrogens is 303 g/mol. The molecule has 118 valence electrons. The van der Waals surface area contributed by atoms with Crippen LogP contribution in [0.15, 0.2) is 28.7 Å². The number of rotatable bonds is 4. The molecule has 0 atom stereocenters. The minimum absolute atomic E-state index is 0.0111. The number of carbonyl (C=O) groups is 1. The lowest BCUT2D eigenvalue weighted by molar-refractivity contribution is -0.274. The van der Waals surface area contributed by atoms with Crippen LogP contribution in [0.25, 0.3) is 0 Å². The van der Waals surface area contributed by atoms with Crippen LogP contribution in [-0.4, -0.2) is 22.5 Å². The van der Waals surface area contributed by atoms with Crippen molar-refractivity contribution in [2.24, 2.45) is 0 Å². The van der Waals surface area contributed by atoms with Crippen molar-refractivity contribution in [2.75, 3.05) is 5.32 Å². The SMILES string of the molecule is CC(C)c1nnc(NC(=O)c2ccc(OC(F)(F)F)cc2)o1. The Morgan fingerprint density at radius 2 is 1.86 bits per heavy atom. The number of hydrogen-bond acceptors (Lipinski definition) is 5. The quantitative estimate of drug-likeness (QED) is 0.936. The zero-order chi connectivity index (χ0) is 16.3. The molecule has 0 unspecified atom stereocenters. The molecule has 0 bridgehead atoms. The molecule has 0 aliphatic carbocycles. The van der Waals surface area contributed by atoms with Gasteiger partial charge in [0.2, 0.25) is 5.89 Å². The lowest BCUT2D eigenvalue weighted by atomic mass is 10.2. The molecule has 1 aromatic carbocycles. The van der Waals surface area contributed by atoms with Gasteiger partial charge in [-0.15, -0.1) is 18.3 Å². The second-order valence-corrected chi connectivity index (χ2v) is 4.63. The summed E-state index contributed by atoms with van der Waals surface area (Å²) in [5.74, 6) is -0.623. The Balaban J connectivity index is 2.03. The second-order valence-electron chi connectivity index (χ2n) is 4.63. The van der Waals surface area contributed by atoms with Crippen LogP contribution in [0.3, 0.4) is 0 Å². The standard InChI is InChI=1S/C13H12F3N3O3/c1-7(2)11-18-19-12(21-11)17-10(20)8-3-5-9(6-4-8)22-13(14,15)16/h3-7H,1-2H3,(H,17,19,20). The van der Waals surface area contributed by atoms with Gasteiger partial charge in [-0.2, -0.15) is 0 Å². The van der Waals surface area contributed by atoms with E-state index in [0.29, 0.717) is 5.89 Å². The molecule has 1 aromatic heterocycles. The molecule has 0 spiro atoms. The predicted molar refractivity (Wildman–Crippen MR) is 69.5 cm³/mol. The van der Waals surface area contributed by atoms with Gasteiger partial charge in [-0.3, -0.25) is 10.1 Å². The number of benzene rings is 1. The van der Waals surface area contributed by atoms with Gasteiger partial charge >= 0.3 is 12.4 Å². The summed E-state index contributed by atoms with van der Waals surface area (Å²) in [7, 11) is 0. The van der Waals surface area contributed by atoms with Crippen LogP contribution >= 0.6 is 0 Å². The number of nitrogens with zero attached hydrogens (tertiary/aromatic N) is 2. The Morgan fingerprint density at radius 3 is 2.36 bits per heavy atom. The van der Waals surface area contributed by atoms with E-state index in [1.165, 1.54) is 12.1 Å². The summed E-state index contributed by atoms with van der Waals surface area (Å²) in [6, 6.07) is 4.38. The normalized spacial score (nSPS) is 11.5. The molecule has 0 saturated heterocycles. The van der Waals surface area contributed by atoms with Crippen molar-refractivity contribution in [1.29, 1.82) is 0 Å². The zero-order valence-electron chi connectivity index (χ0n) is 11.6. The smallest absolute Gasteiger partial charge is 0.408 e. The molecule has 2 rings (SSSR count). The largest absolute Gasteiger partial charge is 0.573 e. The number of halogens is 3. The third-order valence-electron chi connectivity index (χ3n) is 2.51. The molecule has 1 N–H and O–H groups in total. The van der Waals surface area contributed by atoms with Crippen molar-refractivity contribution >= 4 is 11.9 Å². The average Bonchev–Trinajstić information content (AvgIpc) is 2.86. The maximum atomic E-state index is 12.0. The number of nitrogens with one attached hydrogen (secondary N) is 1.